The summed E-state index contributed by atoms with van der Waals surface area (Å²) in [7, 11) is 0. The summed E-state index contributed by atoms with van der Waals surface area (Å²) < 4.78 is 0. The quantitative estimate of drug-likeness (QED) is 0.868. The molecule has 92 valence electrons. The maximum Gasteiger partial charge on any atom is 0.319 e. The Morgan fingerprint density at radius 3 is 2.22 bits per heavy atom. The zero-order chi connectivity index (χ0) is 13.0. The topological polar surface area (TPSA) is 66.6 Å². The van der Waals surface area contributed by atoms with E-state index < -0.39 is 6.03 Å². The second-order valence-corrected chi connectivity index (χ2v) is 3.93. The first kappa shape index (κ1) is 12.0. The van der Waals surface area contributed by atoms with Crippen LogP contribution in [0.5, 0.6) is 5.75 Å². The lowest BCUT2D eigenvalue weighted by Gasteiger charge is -2.20. The van der Waals surface area contributed by atoms with Crippen molar-refractivity contribution in [1.29, 1.82) is 0 Å². The maximum absolute atomic E-state index is 11.5. The number of phenolic OH excluding ortho intramolecular Hbond substituents is 1. The summed E-state index contributed by atoms with van der Waals surface area (Å²) in [4.78, 5) is 12.9. The number of carbonyl (C=O) groups excluding carboxylic acids is 1. The highest BCUT2D eigenvalue weighted by Gasteiger charge is 2.12. The number of phenols is 1. The van der Waals surface area contributed by atoms with Crippen LogP contribution in [0, 0.1) is 0 Å². The van der Waals surface area contributed by atoms with Crippen molar-refractivity contribution in [2.45, 2.75) is 6.54 Å². The van der Waals surface area contributed by atoms with Crippen LogP contribution in [-0.2, 0) is 6.54 Å². The summed E-state index contributed by atoms with van der Waals surface area (Å²) in [6.07, 6.45) is 0. The Hall–Kier alpha value is -2.49. The third-order valence-electron chi connectivity index (χ3n) is 2.61. The number of amides is 2. The van der Waals surface area contributed by atoms with Crippen LogP contribution in [0.25, 0.3) is 0 Å². The van der Waals surface area contributed by atoms with Gasteiger partial charge in [-0.3, -0.25) is 4.90 Å². The molecule has 0 aliphatic carbocycles. The molecule has 2 amide bonds. The average molecular weight is 242 g/mol. The standard InChI is InChI=1S/C14H14N2O2/c15-14(18)16(10-11-4-2-1-3-5-11)12-6-8-13(17)9-7-12/h1-9,17H,10H2,(H2,15,18). The normalized spacial score (nSPS) is 10.0. The third kappa shape index (κ3) is 2.79. The van der Waals surface area contributed by atoms with Gasteiger partial charge >= 0.3 is 6.03 Å². The third-order valence-corrected chi connectivity index (χ3v) is 2.61. The van der Waals surface area contributed by atoms with E-state index in [1.807, 2.05) is 30.3 Å². The number of carbonyl (C=O) groups is 1. The highest BCUT2D eigenvalue weighted by atomic mass is 16.3. The molecule has 0 aliphatic heterocycles. The lowest BCUT2D eigenvalue weighted by atomic mass is 10.2. The molecular weight excluding hydrogens is 228 g/mol. The molecule has 2 aromatic rings. The minimum absolute atomic E-state index is 0.155. The molecule has 0 aliphatic rings. The molecule has 2 aromatic carbocycles. The van der Waals surface area contributed by atoms with Crippen molar-refractivity contribution < 1.29 is 9.90 Å². The van der Waals surface area contributed by atoms with E-state index in [-0.39, 0.29) is 5.75 Å². The fourth-order valence-corrected chi connectivity index (χ4v) is 1.70. The van der Waals surface area contributed by atoms with Gasteiger partial charge in [-0.25, -0.2) is 4.79 Å². The number of anilines is 1. The zero-order valence-corrected chi connectivity index (χ0v) is 9.78. The maximum atomic E-state index is 11.5. The Bertz CT molecular complexity index is 523. The molecule has 0 saturated heterocycles. The van der Waals surface area contributed by atoms with Gasteiger partial charge in [0.25, 0.3) is 0 Å². The van der Waals surface area contributed by atoms with Crippen molar-refractivity contribution in [2.24, 2.45) is 5.73 Å². The first-order valence-electron chi connectivity index (χ1n) is 5.57. The average Bonchev–Trinajstić information content (AvgIpc) is 2.38. The summed E-state index contributed by atoms with van der Waals surface area (Å²) in [6, 6.07) is 15.4. The van der Waals surface area contributed by atoms with Crippen molar-refractivity contribution in [3.63, 3.8) is 0 Å². The van der Waals surface area contributed by atoms with Crippen molar-refractivity contribution in [1.82, 2.24) is 0 Å². The summed E-state index contributed by atoms with van der Waals surface area (Å²) in [5, 5.41) is 9.23. The van der Waals surface area contributed by atoms with Gasteiger partial charge in [0, 0.05) is 5.69 Å². The van der Waals surface area contributed by atoms with Crippen LogP contribution >= 0.6 is 0 Å². The monoisotopic (exact) mass is 242 g/mol. The lowest BCUT2D eigenvalue weighted by Crippen LogP contribution is -2.35. The van der Waals surface area contributed by atoms with Crippen molar-refractivity contribution in [3.05, 3.63) is 60.2 Å². The Morgan fingerprint density at radius 2 is 1.67 bits per heavy atom. The molecule has 0 bridgehead atoms. The number of nitrogens with two attached hydrogens (primary N) is 1. The number of benzene rings is 2. The van der Waals surface area contributed by atoms with E-state index in [4.69, 9.17) is 5.73 Å². The van der Waals surface area contributed by atoms with E-state index >= 15 is 0 Å². The molecule has 0 saturated carbocycles. The summed E-state index contributed by atoms with van der Waals surface area (Å²) >= 11 is 0. The SMILES string of the molecule is NC(=O)N(Cc1ccccc1)c1ccc(O)cc1. The Morgan fingerprint density at radius 1 is 1.06 bits per heavy atom. The predicted octanol–water partition coefficient (Wildman–Crippen LogP) is 2.48. The number of hydrogen-bond acceptors (Lipinski definition) is 2. The first-order valence-corrected chi connectivity index (χ1v) is 5.57. The van der Waals surface area contributed by atoms with Gasteiger partial charge in [-0.15, -0.1) is 0 Å². The van der Waals surface area contributed by atoms with Crippen LogP contribution in [0.3, 0.4) is 0 Å². The number of urea groups is 1. The molecule has 3 N–H and O–H groups in total. The minimum atomic E-state index is -0.524. The van der Waals surface area contributed by atoms with E-state index in [1.54, 1.807) is 12.1 Å². The van der Waals surface area contributed by atoms with Gasteiger partial charge in [0.2, 0.25) is 0 Å². The summed E-state index contributed by atoms with van der Waals surface area (Å²) in [5.41, 5.74) is 7.03. The Labute approximate surface area is 105 Å². The summed E-state index contributed by atoms with van der Waals surface area (Å²) in [6.45, 7) is 0.404. The Kier molecular flexibility index (Phi) is 3.48. The fraction of sp³-hybridized carbons (Fsp3) is 0.0714. The minimum Gasteiger partial charge on any atom is -0.508 e. The van der Waals surface area contributed by atoms with E-state index in [9.17, 15) is 9.90 Å². The van der Waals surface area contributed by atoms with Gasteiger partial charge in [0.05, 0.1) is 6.54 Å². The number of nitrogens with zero attached hydrogens (tertiary/aromatic N) is 1. The van der Waals surface area contributed by atoms with Crippen LogP contribution in [-0.4, -0.2) is 11.1 Å². The zero-order valence-electron chi connectivity index (χ0n) is 9.78. The molecule has 18 heavy (non-hydrogen) atoms. The number of primary amides is 1. The molecule has 0 heterocycles. The Balaban J connectivity index is 2.24. The van der Waals surface area contributed by atoms with Crippen molar-refractivity contribution >= 4 is 11.7 Å². The van der Waals surface area contributed by atoms with Gasteiger partial charge in [-0.1, -0.05) is 30.3 Å². The van der Waals surface area contributed by atoms with Crippen LogP contribution in [0.4, 0.5) is 10.5 Å². The molecule has 2 rings (SSSR count). The highest BCUT2D eigenvalue weighted by Crippen LogP contribution is 2.20. The smallest absolute Gasteiger partial charge is 0.319 e. The second-order valence-electron chi connectivity index (χ2n) is 3.93. The molecule has 0 aromatic heterocycles. The number of aromatic hydroxyl groups is 1. The van der Waals surface area contributed by atoms with Crippen LogP contribution in [0.15, 0.2) is 54.6 Å². The fourth-order valence-electron chi connectivity index (χ4n) is 1.70. The van der Waals surface area contributed by atoms with E-state index in [1.165, 1.54) is 17.0 Å². The predicted molar refractivity (Wildman–Crippen MR) is 70.3 cm³/mol. The van der Waals surface area contributed by atoms with Gasteiger partial charge in [-0.2, -0.15) is 0 Å². The van der Waals surface area contributed by atoms with Crippen LogP contribution in [0.2, 0.25) is 0 Å². The number of rotatable bonds is 3. The first-order chi connectivity index (χ1) is 8.66. The van der Waals surface area contributed by atoms with E-state index in [2.05, 4.69) is 0 Å². The molecule has 0 fully saturated rings. The van der Waals surface area contributed by atoms with Gasteiger partial charge in [-0.05, 0) is 29.8 Å². The van der Waals surface area contributed by atoms with Crippen molar-refractivity contribution in [3.8, 4) is 5.75 Å². The molecule has 0 unspecified atom stereocenters. The molecule has 4 nitrogen and oxygen atoms in total. The highest BCUT2D eigenvalue weighted by molar-refractivity contribution is 5.90. The summed E-state index contributed by atoms with van der Waals surface area (Å²) in [5.74, 6) is 0.155. The second kappa shape index (κ2) is 5.23. The van der Waals surface area contributed by atoms with Gasteiger partial charge in [0.1, 0.15) is 5.75 Å². The van der Waals surface area contributed by atoms with Gasteiger partial charge in [0.15, 0.2) is 0 Å². The van der Waals surface area contributed by atoms with Crippen LogP contribution in [0.1, 0.15) is 5.56 Å². The molecule has 0 radical (unpaired) electrons. The number of hydrogen-bond donors (Lipinski definition) is 2. The van der Waals surface area contributed by atoms with Crippen molar-refractivity contribution in [2.75, 3.05) is 4.90 Å². The lowest BCUT2D eigenvalue weighted by molar-refractivity contribution is 0.253. The molecule has 0 spiro atoms. The molecule has 0 atom stereocenters. The van der Waals surface area contributed by atoms with Gasteiger partial charge < -0.3 is 10.8 Å². The largest absolute Gasteiger partial charge is 0.508 e. The molecular formula is C14H14N2O2. The molecule has 4 heteroatoms. The van der Waals surface area contributed by atoms with E-state index in [0.29, 0.717) is 12.2 Å². The van der Waals surface area contributed by atoms with E-state index in [0.717, 1.165) is 5.56 Å². The van der Waals surface area contributed by atoms with Crippen LogP contribution < -0.4 is 10.6 Å².